The molecule has 1 N–H and O–H groups in total. The first kappa shape index (κ1) is 14.0. The normalized spacial score (nSPS) is 21.2. The number of carbonyl (C=O) groups excluding carboxylic acids is 1. The number of rotatable bonds is 4. The van der Waals surface area contributed by atoms with Gasteiger partial charge < -0.3 is 9.64 Å². The van der Waals surface area contributed by atoms with Crippen LogP contribution in [-0.4, -0.2) is 41.7 Å². The summed E-state index contributed by atoms with van der Waals surface area (Å²) >= 11 is 1.52. The summed E-state index contributed by atoms with van der Waals surface area (Å²) in [7, 11) is 0. The predicted molar refractivity (Wildman–Crippen MR) is 87.3 cm³/mol. The lowest BCUT2D eigenvalue weighted by Crippen LogP contribution is -2.40. The molecule has 0 spiro atoms. The molecule has 1 saturated heterocycles. The van der Waals surface area contributed by atoms with E-state index in [4.69, 9.17) is 4.74 Å². The highest BCUT2D eigenvalue weighted by Crippen LogP contribution is 2.31. The highest BCUT2D eigenvalue weighted by atomic mass is 32.1. The molecule has 0 unspecified atom stereocenters. The smallest absolute Gasteiger partial charge is 0.323 e. The fourth-order valence-corrected chi connectivity index (χ4v) is 3.73. The molecule has 116 valence electrons. The van der Waals surface area contributed by atoms with Gasteiger partial charge in [0.05, 0.1) is 16.8 Å². The number of thiazole rings is 1. The summed E-state index contributed by atoms with van der Waals surface area (Å²) in [6.07, 6.45) is 3.28. The lowest BCUT2D eigenvalue weighted by molar-refractivity contribution is 0.167. The molecule has 6 heteroatoms. The Kier molecular flexibility index (Phi) is 3.72. The van der Waals surface area contributed by atoms with Crippen LogP contribution in [0.2, 0.25) is 0 Å². The van der Waals surface area contributed by atoms with Gasteiger partial charge in [-0.05, 0) is 31.4 Å². The van der Waals surface area contributed by atoms with Gasteiger partial charge in [-0.1, -0.05) is 23.5 Å². The molecule has 1 saturated carbocycles. The SMILES string of the molecule is O=C(Nc1nc2ccccc2s1)N(C[C@@H]1CCOC1)C1CC1. The summed E-state index contributed by atoms with van der Waals surface area (Å²) in [5.74, 6) is 0.474. The molecule has 0 bridgehead atoms. The fraction of sp³-hybridized carbons (Fsp3) is 0.500. The van der Waals surface area contributed by atoms with Gasteiger partial charge in [-0.25, -0.2) is 9.78 Å². The number of carbonyl (C=O) groups is 1. The first-order valence-electron chi connectivity index (χ1n) is 7.80. The highest BCUT2D eigenvalue weighted by Gasteiger charge is 2.35. The summed E-state index contributed by atoms with van der Waals surface area (Å²) in [5.41, 5.74) is 0.935. The molecule has 2 fully saturated rings. The molecule has 1 aromatic carbocycles. The van der Waals surface area contributed by atoms with E-state index >= 15 is 0 Å². The number of hydrogen-bond donors (Lipinski definition) is 1. The first-order valence-corrected chi connectivity index (χ1v) is 8.62. The molecule has 1 aliphatic heterocycles. The number of nitrogens with zero attached hydrogens (tertiary/aromatic N) is 2. The van der Waals surface area contributed by atoms with Gasteiger partial charge in [-0.15, -0.1) is 0 Å². The van der Waals surface area contributed by atoms with E-state index < -0.39 is 0 Å². The van der Waals surface area contributed by atoms with Gasteiger partial charge in [0.2, 0.25) is 0 Å². The molecule has 4 rings (SSSR count). The lowest BCUT2D eigenvalue weighted by atomic mass is 10.1. The zero-order valence-corrected chi connectivity index (χ0v) is 13.1. The topological polar surface area (TPSA) is 54.5 Å². The summed E-state index contributed by atoms with van der Waals surface area (Å²) in [6.45, 7) is 2.39. The predicted octanol–water partition coefficient (Wildman–Crippen LogP) is 3.33. The van der Waals surface area contributed by atoms with E-state index in [1.54, 1.807) is 0 Å². The number of amides is 2. The second kappa shape index (κ2) is 5.85. The Morgan fingerprint density at radius 2 is 2.23 bits per heavy atom. The molecule has 2 amide bonds. The number of anilines is 1. The number of fused-ring (bicyclic) bond motifs is 1. The standard InChI is InChI=1S/C16H19N3O2S/c20-16(18-15-17-13-3-1-2-4-14(13)22-15)19(12-5-6-12)9-11-7-8-21-10-11/h1-4,11-12H,5-10H2,(H,17,18,20)/t11-/m0/s1. The Labute approximate surface area is 133 Å². The van der Waals surface area contributed by atoms with Crippen molar-refractivity contribution >= 4 is 32.7 Å². The van der Waals surface area contributed by atoms with E-state index in [9.17, 15) is 4.79 Å². The van der Waals surface area contributed by atoms with Gasteiger partial charge in [-0.2, -0.15) is 0 Å². The number of ether oxygens (including phenoxy) is 1. The molecule has 1 aromatic heterocycles. The van der Waals surface area contributed by atoms with E-state index in [1.165, 1.54) is 11.3 Å². The molecule has 2 heterocycles. The quantitative estimate of drug-likeness (QED) is 0.941. The largest absolute Gasteiger partial charge is 0.381 e. The summed E-state index contributed by atoms with van der Waals surface area (Å²) in [5, 5.41) is 3.66. The number of benzene rings is 1. The van der Waals surface area contributed by atoms with Gasteiger partial charge in [0.1, 0.15) is 0 Å². The van der Waals surface area contributed by atoms with Crippen molar-refractivity contribution in [2.75, 3.05) is 25.1 Å². The molecular formula is C16H19N3O2S. The molecule has 1 atom stereocenters. The minimum absolute atomic E-state index is 0.0199. The zero-order valence-electron chi connectivity index (χ0n) is 12.3. The minimum atomic E-state index is -0.0199. The Balaban J connectivity index is 1.46. The molecule has 2 aliphatic rings. The number of para-hydroxylation sites is 1. The van der Waals surface area contributed by atoms with E-state index in [1.807, 2.05) is 29.2 Å². The Hall–Kier alpha value is -1.66. The van der Waals surface area contributed by atoms with Crippen molar-refractivity contribution in [3.05, 3.63) is 24.3 Å². The molecular weight excluding hydrogens is 298 g/mol. The van der Waals surface area contributed by atoms with Gasteiger partial charge in [0.25, 0.3) is 0 Å². The molecule has 1 aliphatic carbocycles. The fourth-order valence-electron chi connectivity index (χ4n) is 2.88. The summed E-state index contributed by atoms with van der Waals surface area (Å²) in [4.78, 5) is 19.1. The zero-order chi connectivity index (χ0) is 14.9. The van der Waals surface area contributed by atoms with Crippen molar-refractivity contribution in [3.8, 4) is 0 Å². The average Bonchev–Trinajstić information content (AvgIpc) is 3.07. The number of hydrogen-bond acceptors (Lipinski definition) is 4. The highest BCUT2D eigenvalue weighted by molar-refractivity contribution is 7.22. The van der Waals surface area contributed by atoms with Crippen LogP contribution in [0, 0.1) is 5.92 Å². The lowest BCUT2D eigenvalue weighted by Gasteiger charge is -2.24. The maximum Gasteiger partial charge on any atom is 0.323 e. The van der Waals surface area contributed by atoms with Crippen LogP contribution in [0.4, 0.5) is 9.93 Å². The monoisotopic (exact) mass is 317 g/mol. The average molecular weight is 317 g/mol. The molecule has 22 heavy (non-hydrogen) atoms. The van der Waals surface area contributed by atoms with Crippen LogP contribution in [0.5, 0.6) is 0 Å². The van der Waals surface area contributed by atoms with Crippen LogP contribution < -0.4 is 5.32 Å². The van der Waals surface area contributed by atoms with Crippen molar-refractivity contribution < 1.29 is 9.53 Å². The molecule has 5 nitrogen and oxygen atoms in total. The third kappa shape index (κ3) is 2.94. The number of aromatic nitrogens is 1. The van der Waals surface area contributed by atoms with E-state index in [2.05, 4.69) is 10.3 Å². The van der Waals surface area contributed by atoms with Crippen molar-refractivity contribution in [2.45, 2.75) is 25.3 Å². The molecule has 2 aromatic rings. The second-order valence-corrected chi connectivity index (χ2v) is 7.06. The van der Waals surface area contributed by atoms with Gasteiger partial charge in [0.15, 0.2) is 5.13 Å². The Morgan fingerprint density at radius 3 is 2.95 bits per heavy atom. The minimum Gasteiger partial charge on any atom is -0.381 e. The number of nitrogens with one attached hydrogen (secondary N) is 1. The molecule has 0 radical (unpaired) electrons. The maximum absolute atomic E-state index is 12.6. The third-order valence-electron chi connectivity index (χ3n) is 4.24. The summed E-state index contributed by atoms with van der Waals surface area (Å²) in [6, 6.07) is 8.32. The van der Waals surface area contributed by atoms with E-state index in [0.29, 0.717) is 17.1 Å². The van der Waals surface area contributed by atoms with Gasteiger partial charge >= 0.3 is 6.03 Å². The van der Waals surface area contributed by atoms with Crippen molar-refractivity contribution in [2.24, 2.45) is 5.92 Å². The number of urea groups is 1. The van der Waals surface area contributed by atoms with Crippen LogP contribution in [-0.2, 0) is 4.74 Å². The third-order valence-corrected chi connectivity index (χ3v) is 5.19. The van der Waals surface area contributed by atoms with Crippen LogP contribution in [0.25, 0.3) is 10.2 Å². The van der Waals surface area contributed by atoms with Crippen LogP contribution in [0.1, 0.15) is 19.3 Å². The van der Waals surface area contributed by atoms with Crippen LogP contribution in [0.15, 0.2) is 24.3 Å². The van der Waals surface area contributed by atoms with Gasteiger partial charge in [-0.3, -0.25) is 5.32 Å². The van der Waals surface area contributed by atoms with E-state index in [0.717, 1.165) is 49.2 Å². The van der Waals surface area contributed by atoms with Crippen LogP contribution >= 0.6 is 11.3 Å². The van der Waals surface area contributed by atoms with Crippen molar-refractivity contribution in [1.82, 2.24) is 9.88 Å². The Bertz CT molecular complexity index is 644. The second-order valence-electron chi connectivity index (χ2n) is 6.03. The first-order chi connectivity index (χ1) is 10.8. The Morgan fingerprint density at radius 1 is 1.36 bits per heavy atom. The van der Waals surface area contributed by atoms with Crippen molar-refractivity contribution in [1.29, 1.82) is 0 Å². The maximum atomic E-state index is 12.6. The van der Waals surface area contributed by atoms with E-state index in [-0.39, 0.29) is 6.03 Å². The van der Waals surface area contributed by atoms with Crippen molar-refractivity contribution in [3.63, 3.8) is 0 Å². The summed E-state index contributed by atoms with van der Waals surface area (Å²) < 4.78 is 6.52. The van der Waals surface area contributed by atoms with Crippen LogP contribution in [0.3, 0.4) is 0 Å². The van der Waals surface area contributed by atoms with Gasteiger partial charge in [0, 0.05) is 25.1 Å².